The van der Waals surface area contributed by atoms with Crippen molar-refractivity contribution in [3.63, 3.8) is 0 Å². The molecule has 0 spiro atoms. The van der Waals surface area contributed by atoms with Gasteiger partial charge in [-0.2, -0.15) is 4.98 Å². The van der Waals surface area contributed by atoms with Gasteiger partial charge in [0.2, 0.25) is 5.95 Å². The Bertz CT molecular complexity index is 863. The topological polar surface area (TPSA) is 94.0 Å². The second-order valence-corrected chi connectivity index (χ2v) is 6.29. The molecule has 0 bridgehead atoms. The van der Waals surface area contributed by atoms with Crippen molar-refractivity contribution in [2.45, 2.75) is 26.4 Å². The maximum atomic E-state index is 5.96. The highest BCUT2D eigenvalue weighted by atomic mass is 35.5. The first-order valence-corrected chi connectivity index (χ1v) is 8.02. The van der Waals surface area contributed by atoms with E-state index in [2.05, 4.69) is 33.7 Å². The molecule has 3 rings (SSSR count). The Kier molecular flexibility index (Phi) is 4.40. The maximum absolute atomic E-state index is 5.96. The van der Waals surface area contributed by atoms with Crippen LogP contribution in [0.5, 0.6) is 0 Å². The largest absolute Gasteiger partial charge is 0.382 e. The summed E-state index contributed by atoms with van der Waals surface area (Å²) in [6.45, 7) is 4.94. The van der Waals surface area contributed by atoms with Gasteiger partial charge in [0.15, 0.2) is 5.82 Å². The third kappa shape index (κ3) is 3.33. The van der Waals surface area contributed by atoms with Gasteiger partial charge in [-0.05, 0) is 43.7 Å². The monoisotopic (exact) mass is 342 g/mol. The summed E-state index contributed by atoms with van der Waals surface area (Å²) in [5, 5.41) is 0.723. The van der Waals surface area contributed by atoms with Crippen LogP contribution in [0.15, 0.2) is 36.4 Å². The van der Waals surface area contributed by atoms with E-state index in [1.165, 1.54) is 0 Å². The van der Waals surface area contributed by atoms with Gasteiger partial charge in [-0.1, -0.05) is 23.7 Å². The van der Waals surface area contributed by atoms with Crippen LogP contribution in [0.3, 0.4) is 0 Å². The van der Waals surface area contributed by atoms with Crippen LogP contribution in [0.4, 0.5) is 17.6 Å². The molecule has 0 aliphatic carbocycles. The molecule has 4 N–H and O–H groups in total. The van der Waals surface area contributed by atoms with Gasteiger partial charge in [-0.15, -0.1) is 0 Å². The van der Waals surface area contributed by atoms with Crippen molar-refractivity contribution in [3.8, 4) is 0 Å². The summed E-state index contributed by atoms with van der Waals surface area (Å²) in [4.78, 5) is 15.0. The SMILES string of the molecule is CC(C)N(Cc1ccc(Cl)cc1)c1ccc2nc(N)nc(N)c2n1. The molecule has 2 heterocycles. The number of nitrogen functional groups attached to an aromatic ring is 2. The van der Waals surface area contributed by atoms with Gasteiger partial charge in [0.05, 0.1) is 5.52 Å². The third-order valence-electron chi connectivity index (χ3n) is 3.76. The molecule has 0 saturated heterocycles. The number of nitrogens with two attached hydrogens (primary N) is 2. The minimum atomic E-state index is 0.149. The van der Waals surface area contributed by atoms with E-state index in [1.807, 2.05) is 36.4 Å². The van der Waals surface area contributed by atoms with Gasteiger partial charge in [-0.3, -0.25) is 0 Å². The van der Waals surface area contributed by atoms with Crippen molar-refractivity contribution in [1.82, 2.24) is 15.0 Å². The second-order valence-electron chi connectivity index (χ2n) is 5.85. The Hall–Kier alpha value is -2.60. The number of fused-ring (bicyclic) bond motifs is 1. The first kappa shape index (κ1) is 16.3. The van der Waals surface area contributed by atoms with E-state index < -0.39 is 0 Å². The lowest BCUT2D eigenvalue weighted by Gasteiger charge is -2.28. The number of pyridine rings is 1. The van der Waals surface area contributed by atoms with E-state index in [-0.39, 0.29) is 17.8 Å². The summed E-state index contributed by atoms with van der Waals surface area (Å²) in [5.41, 5.74) is 13.9. The number of rotatable bonds is 4. The van der Waals surface area contributed by atoms with Crippen molar-refractivity contribution in [2.75, 3.05) is 16.4 Å². The number of hydrogen-bond acceptors (Lipinski definition) is 6. The summed E-state index contributed by atoms with van der Waals surface area (Å²) >= 11 is 5.96. The van der Waals surface area contributed by atoms with Crippen LogP contribution >= 0.6 is 11.6 Å². The van der Waals surface area contributed by atoms with Crippen LogP contribution in [0.2, 0.25) is 5.02 Å². The van der Waals surface area contributed by atoms with Crippen molar-refractivity contribution >= 4 is 40.2 Å². The first-order chi connectivity index (χ1) is 11.4. The highest BCUT2D eigenvalue weighted by Crippen LogP contribution is 2.24. The molecule has 0 atom stereocenters. The normalized spacial score (nSPS) is 11.2. The molecule has 2 aromatic heterocycles. The molecule has 6 nitrogen and oxygen atoms in total. The second kappa shape index (κ2) is 6.49. The quantitative estimate of drug-likeness (QED) is 0.755. The van der Waals surface area contributed by atoms with E-state index >= 15 is 0 Å². The van der Waals surface area contributed by atoms with Crippen LogP contribution in [0.1, 0.15) is 19.4 Å². The molecule has 0 radical (unpaired) electrons. The van der Waals surface area contributed by atoms with E-state index in [0.29, 0.717) is 17.6 Å². The van der Waals surface area contributed by atoms with Crippen molar-refractivity contribution in [3.05, 3.63) is 47.0 Å². The van der Waals surface area contributed by atoms with Gasteiger partial charge in [0, 0.05) is 17.6 Å². The van der Waals surface area contributed by atoms with E-state index in [9.17, 15) is 0 Å². The minimum absolute atomic E-state index is 0.149. The highest BCUT2D eigenvalue weighted by Gasteiger charge is 2.15. The molecule has 0 amide bonds. The van der Waals surface area contributed by atoms with Crippen LogP contribution < -0.4 is 16.4 Å². The summed E-state index contributed by atoms with van der Waals surface area (Å²) in [6, 6.07) is 11.8. The maximum Gasteiger partial charge on any atom is 0.222 e. The van der Waals surface area contributed by atoms with Crippen LogP contribution in [0.25, 0.3) is 11.0 Å². The number of nitrogens with zero attached hydrogens (tertiary/aromatic N) is 4. The summed E-state index contributed by atoms with van der Waals surface area (Å²) in [6.07, 6.45) is 0. The molecule has 0 saturated carbocycles. The fourth-order valence-corrected chi connectivity index (χ4v) is 2.65. The van der Waals surface area contributed by atoms with Crippen LogP contribution in [0, 0.1) is 0 Å². The smallest absolute Gasteiger partial charge is 0.222 e. The molecule has 0 aliphatic heterocycles. The third-order valence-corrected chi connectivity index (χ3v) is 4.01. The zero-order chi connectivity index (χ0) is 17.3. The molecular formula is C17H19ClN6. The van der Waals surface area contributed by atoms with Gasteiger partial charge in [-0.25, -0.2) is 9.97 Å². The molecular weight excluding hydrogens is 324 g/mol. The Balaban J connectivity index is 1.99. The standard InChI is InChI=1S/C17H19ClN6/c1-10(2)24(9-11-3-5-12(18)6-4-11)14-8-7-13-15(22-14)16(19)23-17(20)21-13/h3-8,10H,9H2,1-2H3,(H4,19,20,21,23). The fraction of sp³-hybridized carbons (Fsp3) is 0.235. The average molecular weight is 343 g/mol. The van der Waals surface area contributed by atoms with Gasteiger partial charge < -0.3 is 16.4 Å². The molecule has 3 aromatic rings. The number of halogens is 1. The van der Waals surface area contributed by atoms with Crippen molar-refractivity contribution in [2.24, 2.45) is 0 Å². The van der Waals surface area contributed by atoms with Crippen molar-refractivity contribution < 1.29 is 0 Å². The Morgan fingerprint density at radius 2 is 1.71 bits per heavy atom. The lowest BCUT2D eigenvalue weighted by atomic mass is 10.2. The van der Waals surface area contributed by atoms with Gasteiger partial charge in [0.1, 0.15) is 11.3 Å². The van der Waals surface area contributed by atoms with Crippen LogP contribution in [-0.4, -0.2) is 21.0 Å². The number of hydrogen-bond donors (Lipinski definition) is 2. The lowest BCUT2D eigenvalue weighted by Crippen LogP contribution is -2.31. The number of aromatic nitrogens is 3. The van der Waals surface area contributed by atoms with Gasteiger partial charge >= 0.3 is 0 Å². The molecule has 0 unspecified atom stereocenters. The first-order valence-electron chi connectivity index (χ1n) is 7.65. The Morgan fingerprint density at radius 3 is 2.38 bits per heavy atom. The zero-order valence-electron chi connectivity index (χ0n) is 13.6. The molecule has 24 heavy (non-hydrogen) atoms. The molecule has 0 fully saturated rings. The van der Waals surface area contributed by atoms with E-state index in [0.717, 1.165) is 16.4 Å². The zero-order valence-corrected chi connectivity index (χ0v) is 14.3. The summed E-state index contributed by atoms with van der Waals surface area (Å²) < 4.78 is 0. The summed E-state index contributed by atoms with van der Waals surface area (Å²) in [7, 11) is 0. The van der Waals surface area contributed by atoms with E-state index in [1.54, 1.807) is 0 Å². The average Bonchev–Trinajstić information content (AvgIpc) is 2.54. The summed E-state index contributed by atoms with van der Waals surface area (Å²) in [5.74, 6) is 1.25. The Morgan fingerprint density at radius 1 is 1.00 bits per heavy atom. The predicted molar refractivity (Wildman–Crippen MR) is 98.9 cm³/mol. The highest BCUT2D eigenvalue weighted by molar-refractivity contribution is 6.30. The predicted octanol–water partition coefficient (Wildman–Crippen LogP) is 3.26. The molecule has 0 aliphatic rings. The lowest BCUT2D eigenvalue weighted by molar-refractivity contribution is 0.674. The fourth-order valence-electron chi connectivity index (χ4n) is 2.52. The Labute approximate surface area is 145 Å². The number of benzene rings is 1. The molecule has 7 heteroatoms. The van der Waals surface area contributed by atoms with Gasteiger partial charge in [0.25, 0.3) is 0 Å². The van der Waals surface area contributed by atoms with Crippen molar-refractivity contribution in [1.29, 1.82) is 0 Å². The van der Waals surface area contributed by atoms with E-state index in [4.69, 9.17) is 23.1 Å². The van der Waals surface area contributed by atoms with Crippen LogP contribution in [-0.2, 0) is 6.54 Å². The molecule has 124 valence electrons. The minimum Gasteiger partial charge on any atom is -0.382 e. The number of anilines is 3. The molecule has 1 aromatic carbocycles.